The predicted octanol–water partition coefficient (Wildman–Crippen LogP) is 0.275. The number of hydrogen-bond donors (Lipinski definition) is 2. The summed E-state index contributed by atoms with van der Waals surface area (Å²) in [6, 6.07) is -0.361. The number of aliphatic hydroxyl groups is 1. The molecule has 0 radical (unpaired) electrons. The standard InChI is InChI=1S/C14H29N3O2/c1-4-13(15)14(19)16(3)10-12-5-7-17(8-6-12)9-11(2)18/h11-13,18H,4-10,15H2,1-3H3/t11?,13-/m0/s1. The molecule has 1 heterocycles. The van der Waals surface area contributed by atoms with Crippen LogP contribution in [0.15, 0.2) is 0 Å². The Hall–Kier alpha value is -0.650. The molecule has 0 saturated carbocycles. The van der Waals surface area contributed by atoms with E-state index in [0.717, 1.165) is 39.0 Å². The van der Waals surface area contributed by atoms with Crippen LogP contribution >= 0.6 is 0 Å². The Morgan fingerprint density at radius 2 is 2.05 bits per heavy atom. The van der Waals surface area contributed by atoms with Gasteiger partial charge in [-0.15, -0.1) is 0 Å². The minimum Gasteiger partial charge on any atom is -0.392 e. The highest BCUT2D eigenvalue weighted by Gasteiger charge is 2.24. The minimum absolute atomic E-state index is 0.0499. The molecule has 0 aromatic rings. The van der Waals surface area contributed by atoms with Crippen molar-refractivity contribution >= 4 is 5.91 Å². The topological polar surface area (TPSA) is 69.8 Å². The van der Waals surface area contributed by atoms with Gasteiger partial charge >= 0.3 is 0 Å². The largest absolute Gasteiger partial charge is 0.392 e. The number of hydrogen-bond acceptors (Lipinski definition) is 4. The third kappa shape index (κ3) is 5.47. The summed E-state index contributed by atoms with van der Waals surface area (Å²) in [5.74, 6) is 0.608. The number of amides is 1. The maximum atomic E-state index is 11.9. The van der Waals surface area contributed by atoms with Crippen LogP contribution in [0.2, 0.25) is 0 Å². The second kappa shape index (κ2) is 7.82. The van der Waals surface area contributed by atoms with Crippen LogP contribution in [-0.4, -0.2) is 66.2 Å². The van der Waals surface area contributed by atoms with Crippen molar-refractivity contribution in [3.05, 3.63) is 0 Å². The summed E-state index contributed by atoms with van der Waals surface area (Å²) in [5, 5.41) is 9.37. The average Bonchev–Trinajstić information content (AvgIpc) is 2.38. The molecule has 3 N–H and O–H groups in total. The van der Waals surface area contributed by atoms with Crippen molar-refractivity contribution in [2.45, 2.75) is 45.3 Å². The van der Waals surface area contributed by atoms with E-state index >= 15 is 0 Å². The van der Waals surface area contributed by atoms with Crippen molar-refractivity contribution in [2.75, 3.05) is 33.2 Å². The molecule has 0 aliphatic carbocycles. The Morgan fingerprint density at radius 1 is 1.47 bits per heavy atom. The fraction of sp³-hybridized carbons (Fsp3) is 0.929. The van der Waals surface area contributed by atoms with Gasteiger partial charge in [0, 0.05) is 20.1 Å². The van der Waals surface area contributed by atoms with E-state index < -0.39 is 0 Å². The molecule has 0 spiro atoms. The van der Waals surface area contributed by atoms with Gasteiger partial charge in [0.2, 0.25) is 5.91 Å². The van der Waals surface area contributed by atoms with Gasteiger partial charge in [-0.05, 0) is 45.2 Å². The zero-order chi connectivity index (χ0) is 14.4. The summed E-state index contributed by atoms with van der Waals surface area (Å²) in [7, 11) is 1.85. The van der Waals surface area contributed by atoms with Crippen molar-refractivity contribution in [3.63, 3.8) is 0 Å². The average molecular weight is 271 g/mol. The molecular formula is C14H29N3O2. The molecule has 0 aromatic heterocycles. The third-order valence-corrected chi connectivity index (χ3v) is 3.89. The van der Waals surface area contributed by atoms with Gasteiger partial charge < -0.3 is 20.6 Å². The molecule has 112 valence electrons. The lowest BCUT2D eigenvalue weighted by atomic mass is 9.96. The number of aliphatic hydroxyl groups excluding tert-OH is 1. The molecule has 1 saturated heterocycles. The first-order chi connectivity index (χ1) is 8.93. The van der Waals surface area contributed by atoms with E-state index in [4.69, 9.17) is 5.73 Å². The molecule has 0 aromatic carbocycles. The molecule has 1 aliphatic heterocycles. The third-order valence-electron chi connectivity index (χ3n) is 3.89. The first kappa shape index (κ1) is 16.4. The van der Waals surface area contributed by atoms with Gasteiger partial charge in [-0.1, -0.05) is 6.92 Å². The van der Waals surface area contributed by atoms with Crippen LogP contribution in [0.5, 0.6) is 0 Å². The van der Waals surface area contributed by atoms with Crippen molar-refractivity contribution in [1.29, 1.82) is 0 Å². The van der Waals surface area contributed by atoms with Crippen molar-refractivity contribution < 1.29 is 9.90 Å². The quantitative estimate of drug-likeness (QED) is 0.728. The Bertz CT molecular complexity index is 276. The van der Waals surface area contributed by atoms with Gasteiger partial charge in [0.05, 0.1) is 12.1 Å². The second-order valence-corrected chi connectivity index (χ2v) is 5.83. The first-order valence-electron chi connectivity index (χ1n) is 7.35. The molecule has 1 aliphatic rings. The lowest BCUT2D eigenvalue weighted by Crippen LogP contribution is -2.45. The van der Waals surface area contributed by atoms with Crippen LogP contribution in [0, 0.1) is 5.92 Å². The van der Waals surface area contributed by atoms with Crippen molar-refractivity contribution in [1.82, 2.24) is 9.80 Å². The highest BCUT2D eigenvalue weighted by Crippen LogP contribution is 2.18. The summed E-state index contributed by atoms with van der Waals surface area (Å²) >= 11 is 0. The number of piperidine rings is 1. The fourth-order valence-corrected chi connectivity index (χ4v) is 2.66. The number of likely N-dealkylation sites (tertiary alicyclic amines) is 1. The Kier molecular flexibility index (Phi) is 6.75. The lowest BCUT2D eigenvalue weighted by Gasteiger charge is -2.34. The number of nitrogens with zero attached hydrogens (tertiary/aromatic N) is 2. The summed E-state index contributed by atoms with van der Waals surface area (Å²) in [6.45, 7) is 7.34. The van der Waals surface area contributed by atoms with E-state index in [1.165, 1.54) is 0 Å². The van der Waals surface area contributed by atoms with Crippen LogP contribution in [0.4, 0.5) is 0 Å². The molecule has 1 unspecified atom stereocenters. The van der Waals surface area contributed by atoms with E-state index in [0.29, 0.717) is 12.3 Å². The maximum absolute atomic E-state index is 11.9. The lowest BCUT2D eigenvalue weighted by molar-refractivity contribution is -0.132. The first-order valence-corrected chi connectivity index (χ1v) is 7.35. The van der Waals surface area contributed by atoms with E-state index in [1.807, 2.05) is 20.9 Å². The zero-order valence-electron chi connectivity index (χ0n) is 12.5. The van der Waals surface area contributed by atoms with Gasteiger partial charge in [-0.2, -0.15) is 0 Å². The number of carbonyl (C=O) groups excluding carboxylic acids is 1. The number of likely N-dealkylation sites (N-methyl/N-ethyl adjacent to an activating group) is 1. The van der Waals surface area contributed by atoms with Crippen molar-refractivity contribution in [2.24, 2.45) is 11.7 Å². The number of rotatable bonds is 6. The summed E-state index contributed by atoms with van der Waals surface area (Å²) in [5.41, 5.74) is 5.77. The molecule has 2 atom stereocenters. The van der Waals surface area contributed by atoms with Crippen LogP contribution in [-0.2, 0) is 4.79 Å². The summed E-state index contributed by atoms with van der Waals surface area (Å²) < 4.78 is 0. The van der Waals surface area contributed by atoms with E-state index in [9.17, 15) is 9.90 Å². The Balaban J connectivity index is 2.30. The smallest absolute Gasteiger partial charge is 0.239 e. The molecule has 5 nitrogen and oxygen atoms in total. The van der Waals surface area contributed by atoms with Crippen molar-refractivity contribution in [3.8, 4) is 0 Å². The number of β-amino-alcohol motifs (C(OH)–C–C–N with tert-alkyl or cyclic N) is 1. The van der Waals surface area contributed by atoms with Crippen LogP contribution in [0.1, 0.15) is 33.1 Å². The molecule has 5 heteroatoms. The summed E-state index contributed by atoms with van der Waals surface area (Å²) in [4.78, 5) is 16.0. The predicted molar refractivity (Wildman–Crippen MR) is 76.7 cm³/mol. The minimum atomic E-state index is -0.361. The molecule has 1 rings (SSSR count). The molecule has 1 fully saturated rings. The summed E-state index contributed by atoms with van der Waals surface area (Å²) in [6.07, 6.45) is 2.61. The van der Waals surface area contributed by atoms with E-state index in [1.54, 1.807) is 4.90 Å². The van der Waals surface area contributed by atoms with Gasteiger partial charge in [-0.3, -0.25) is 4.79 Å². The Morgan fingerprint density at radius 3 is 2.53 bits per heavy atom. The molecule has 19 heavy (non-hydrogen) atoms. The zero-order valence-corrected chi connectivity index (χ0v) is 12.5. The van der Waals surface area contributed by atoms with E-state index in [-0.39, 0.29) is 18.1 Å². The van der Waals surface area contributed by atoms with Gasteiger partial charge in [0.15, 0.2) is 0 Å². The van der Waals surface area contributed by atoms with E-state index in [2.05, 4.69) is 4.90 Å². The fourth-order valence-electron chi connectivity index (χ4n) is 2.66. The SMILES string of the molecule is CC[C@H](N)C(=O)N(C)CC1CCN(CC(C)O)CC1. The molecule has 1 amide bonds. The van der Waals surface area contributed by atoms with Crippen LogP contribution in [0.25, 0.3) is 0 Å². The molecule has 0 bridgehead atoms. The monoisotopic (exact) mass is 271 g/mol. The number of carbonyl (C=O) groups is 1. The van der Waals surface area contributed by atoms with Gasteiger partial charge in [0.1, 0.15) is 0 Å². The van der Waals surface area contributed by atoms with Gasteiger partial charge in [-0.25, -0.2) is 0 Å². The Labute approximate surface area is 116 Å². The van der Waals surface area contributed by atoms with Crippen LogP contribution in [0.3, 0.4) is 0 Å². The highest BCUT2D eigenvalue weighted by atomic mass is 16.3. The maximum Gasteiger partial charge on any atom is 0.239 e. The molecular weight excluding hydrogens is 242 g/mol. The normalized spacial score (nSPS) is 21.1. The second-order valence-electron chi connectivity index (χ2n) is 5.83. The highest BCUT2D eigenvalue weighted by molar-refractivity contribution is 5.81. The van der Waals surface area contributed by atoms with Gasteiger partial charge in [0.25, 0.3) is 0 Å². The van der Waals surface area contributed by atoms with Crippen LogP contribution < -0.4 is 5.73 Å². The number of nitrogens with two attached hydrogens (primary N) is 1.